The molecule has 0 fully saturated rings. The zero-order chi connectivity index (χ0) is 26.6. The highest BCUT2D eigenvalue weighted by molar-refractivity contribution is 8.01. The van der Waals surface area contributed by atoms with Crippen LogP contribution < -0.4 is 42.9 Å². The van der Waals surface area contributed by atoms with E-state index in [0.29, 0.717) is 12.8 Å². The van der Waals surface area contributed by atoms with Gasteiger partial charge in [-0.15, -0.1) is 0 Å². The van der Waals surface area contributed by atoms with Gasteiger partial charge in [0, 0.05) is 12.7 Å². The molecule has 0 aliphatic rings. The van der Waals surface area contributed by atoms with E-state index in [-0.39, 0.29) is 22.7 Å². The van der Waals surface area contributed by atoms with Crippen molar-refractivity contribution < 1.29 is 31.3 Å². The molecule has 4 rings (SSSR count). The minimum absolute atomic E-state index is 0. The van der Waals surface area contributed by atoms with E-state index in [1.165, 1.54) is 32.6 Å². The second-order valence-corrected chi connectivity index (χ2v) is 17.8. The summed E-state index contributed by atoms with van der Waals surface area (Å²) in [5, 5.41) is 15.5. The minimum atomic E-state index is -2.44. The van der Waals surface area contributed by atoms with Crippen LogP contribution in [-0.4, -0.2) is 26.3 Å². The third kappa shape index (κ3) is 6.40. The Kier molecular flexibility index (Phi) is 10.00. The lowest BCUT2D eigenvalue weighted by Gasteiger charge is -2.30. The van der Waals surface area contributed by atoms with Crippen molar-refractivity contribution in [3.05, 3.63) is 108 Å². The summed E-state index contributed by atoms with van der Waals surface area (Å²) in [5.74, 6) is 1.03. The number of aromatic hydroxyl groups is 1. The van der Waals surface area contributed by atoms with Crippen LogP contribution in [-0.2, 0) is 4.43 Å². The third-order valence-corrected chi connectivity index (χ3v) is 12.9. The van der Waals surface area contributed by atoms with E-state index in [4.69, 9.17) is 9.16 Å². The summed E-state index contributed by atoms with van der Waals surface area (Å²) < 4.78 is 12.7. The van der Waals surface area contributed by atoms with Gasteiger partial charge in [-0.3, -0.25) is 0 Å². The van der Waals surface area contributed by atoms with Crippen LogP contribution in [0.4, 0.5) is 0 Å². The Morgan fingerprint density at radius 1 is 0.684 bits per heavy atom. The molecule has 0 aliphatic heterocycles. The fraction of sp³-hybridized carbons (Fsp3) is 0.250. The van der Waals surface area contributed by atoms with E-state index < -0.39 is 15.6 Å². The molecule has 0 atom stereocenters. The first-order valence-electron chi connectivity index (χ1n) is 12.9. The number of halogens is 1. The third-order valence-electron chi connectivity index (χ3n) is 6.68. The van der Waals surface area contributed by atoms with E-state index in [0.717, 1.165) is 11.1 Å². The summed E-state index contributed by atoms with van der Waals surface area (Å²) in [5.41, 5.74) is 3.64. The van der Waals surface area contributed by atoms with Gasteiger partial charge in [0.15, 0.2) is 11.1 Å². The molecule has 6 heteroatoms. The Hall–Kier alpha value is -2.43. The van der Waals surface area contributed by atoms with Crippen LogP contribution >= 0.6 is 7.26 Å². The number of rotatable bonds is 9. The van der Waals surface area contributed by atoms with Gasteiger partial charge in [-0.2, -0.15) is 0 Å². The quantitative estimate of drug-likeness (QED) is 0.234. The summed E-state index contributed by atoms with van der Waals surface area (Å²) in [6, 6.07) is 32.1. The molecular weight excluding hydrogens is 571 g/mol. The van der Waals surface area contributed by atoms with Crippen LogP contribution in [0.15, 0.2) is 91.0 Å². The topological polar surface area (TPSA) is 38.7 Å². The molecule has 0 spiro atoms. The van der Waals surface area contributed by atoms with Gasteiger partial charge >= 0.3 is 0 Å². The first-order chi connectivity index (χ1) is 17.7. The van der Waals surface area contributed by atoms with Gasteiger partial charge in [0.05, 0.1) is 0 Å². The average Bonchev–Trinajstić information content (AvgIpc) is 2.87. The summed E-state index contributed by atoms with van der Waals surface area (Å²) in [6.45, 7) is 13.4. The zero-order valence-electron chi connectivity index (χ0n) is 23.2. The SMILES string of the molecule is CCO[Si](C)(C)COc1ccc(O)cc1[P+](c1ccc(C)cc1)(c1ccc(C)cc1)c1ccc(C)cc1.[Br-]. The van der Waals surface area contributed by atoms with Gasteiger partial charge in [-0.05, 0) is 89.3 Å². The van der Waals surface area contributed by atoms with E-state index in [1.54, 1.807) is 6.07 Å². The van der Waals surface area contributed by atoms with Crippen molar-refractivity contribution in [3.63, 3.8) is 0 Å². The highest BCUT2D eigenvalue weighted by Crippen LogP contribution is 2.56. The fourth-order valence-corrected chi connectivity index (χ4v) is 10.4. The summed E-state index contributed by atoms with van der Waals surface area (Å²) in [6.07, 6.45) is 0.536. The van der Waals surface area contributed by atoms with E-state index in [9.17, 15) is 5.11 Å². The number of ether oxygens (including phenoxy) is 1. The lowest BCUT2D eigenvalue weighted by atomic mass is 10.2. The van der Waals surface area contributed by atoms with Crippen molar-refractivity contribution in [2.45, 2.75) is 40.8 Å². The largest absolute Gasteiger partial charge is 1.00 e. The fourth-order valence-electron chi connectivity index (χ4n) is 4.74. The molecule has 0 aromatic heterocycles. The molecule has 0 saturated heterocycles. The summed E-state index contributed by atoms with van der Waals surface area (Å²) >= 11 is 0. The van der Waals surface area contributed by atoms with Crippen LogP contribution in [0, 0.1) is 20.8 Å². The molecule has 38 heavy (non-hydrogen) atoms. The van der Waals surface area contributed by atoms with Crippen molar-refractivity contribution in [2.75, 3.05) is 12.8 Å². The van der Waals surface area contributed by atoms with Gasteiger partial charge < -0.3 is 31.3 Å². The molecule has 0 unspecified atom stereocenters. The standard InChI is InChI=1S/C32H37O3PSi.BrH/c1-7-35-37(5,6)23-34-31-21-14-27(33)22-32(31)36(28-15-8-24(2)9-16-28,29-17-10-25(3)11-18-29)30-19-12-26(4)13-20-30;/h8-22H,7,23H2,1-6H3;1H. The smallest absolute Gasteiger partial charge is 0.224 e. The van der Waals surface area contributed by atoms with E-state index >= 15 is 0 Å². The van der Waals surface area contributed by atoms with Gasteiger partial charge in [0.1, 0.15) is 35.2 Å². The van der Waals surface area contributed by atoms with Crippen LogP contribution in [0.1, 0.15) is 23.6 Å². The maximum Gasteiger partial charge on any atom is 0.224 e. The zero-order valence-corrected chi connectivity index (χ0v) is 26.6. The number of benzene rings is 4. The molecule has 0 heterocycles. The number of phenols is 1. The Labute approximate surface area is 240 Å². The van der Waals surface area contributed by atoms with E-state index in [1.807, 2.05) is 19.1 Å². The molecule has 0 aliphatic carbocycles. The normalized spacial score (nSPS) is 11.6. The summed E-state index contributed by atoms with van der Waals surface area (Å²) in [7, 11) is -4.45. The highest BCUT2D eigenvalue weighted by Gasteiger charge is 2.50. The second-order valence-electron chi connectivity index (χ2n) is 10.3. The Morgan fingerprint density at radius 3 is 1.50 bits per heavy atom. The maximum atomic E-state index is 10.8. The molecule has 200 valence electrons. The minimum Gasteiger partial charge on any atom is -1.00 e. The molecule has 3 nitrogen and oxygen atoms in total. The highest BCUT2D eigenvalue weighted by atomic mass is 79.9. The molecule has 4 aromatic carbocycles. The van der Waals surface area contributed by atoms with Crippen LogP contribution in [0.2, 0.25) is 13.1 Å². The number of hydrogen-bond acceptors (Lipinski definition) is 3. The van der Waals surface area contributed by atoms with Crippen molar-refractivity contribution in [1.82, 2.24) is 0 Å². The predicted molar refractivity (Wildman–Crippen MR) is 162 cm³/mol. The van der Waals surface area contributed by atoms with Gasteiger partial charge in [0.25, 0.3) is 0 Å². The Morgan fingerprint density at radius 2 is 1.11 bits per heavy atom. The van der Waals surface area contributed by atoms with Gasteiger partial charge in [-0.1, -0.05) is 53.1 Å². The number of aryl methyl sites for hydroxylation is 3. The molecule has 1 N–H and O–H groups in total. The number of phenolic OH excluding ortho intramolecular Hbond substituents is 1. The number of hydrogen-bond donors (Lipinski definition) is 1. The lowest BCUT2D eigenvalue weighted by Crippen LogP contribution is -3.00. The first-order valence-corrected chi connectivity index (χ1v) is 17.8. The van der Waals surface area contributed by atoms with Crippen molar-refractivity contribution >= 4 is 36.8 Å². The first kappa shape index (κ1) is 30.1. The van der Waals surface area contributed by atoms with Gasteiger partial charge in [0.2, 0.25) is 8.32 Å². The summed E-state index contributed by atoms with van der Waals surface area (Å²) in [4.78, 5) is 0. The molecule has 0 amide bonds. The maximum absolute atomic E-state index is 10.8. The Balaban J connectivity index is 0.00000400. The van der Waals surface area contributed by atoms with Crippen LogP contribution in [0.25, 0.3) is 0 Å². The molecule has 0 saturated carbocycles. The lowest BCUT2D eigenvalue weighted by molar-refractivity contribution is -0.00000998. The van der Waals surface area contributed by atoms with Crippen molar-refractivity contribution in [2.24, 2.45) is 0 Å². The Bertz CT molecular complexity index is 1230. The van der Waals surface area contributed by atoms with Gasteiger partial charge in [-0.25, -0.2) is 0 Å². The molecular formula is C32H38BrO3PSi. The van der Waals surface area contributed by atoms with Crippen molar-refractivity contribution in [3.8, 4) is 11.5 Å². The average molecular weight is 610 g/mol. The second kappa shape index (κ2) is 12.6. The molecule has 0 bridgehead atoms. The van der Waals surface area contributed by atoms with Crippen LogP contribution in [0.3, 0.4) is 0 Å². The van der Waals surface area contributed by atoms with Crippen molar-refractivity contribution in [1.29, 1.82) is 0 Å². The predicted octanol–water partition coefficient (Wildman–Crippen LogP) is 3.10. The van der Waals surface area contributed by atoms with Crippen LogP contribution in [0.5, 0.6) is 11.5 Å². The monoisotopic (exact) mass is 608 g/mol. The van der Waals surface area contributed by atoms with E-state index in [2.05, 4.69) is 107 Å². The molecule has 4 aromatic rings. The molecule has 0 radical (unpaired) electrons.